The van der Waals surface area contributed by atoms with Crippen LogP contribution in [0.25, 0.3) is 0 Å². The van der Waals surface area contributed by atoms with Gasteiger partial charge in [-0.15, -0.1) is 0 Å². The van der Waals surface area contributed by atoms with Crippen LogP contribution in [-0.2, 0) is 28.1 Å². The van der Waals surface area contributed by atoms with Crippen LogP contribution in [0.5, 0.6) is 0 Å². The Labute approximate surface area is 201 Å². The van der Waals surface area contributed by atoms with Gasteiger partial charge in [-0.2, -0.15) is 7.82 Å². The Morgan fingerprint density at radius 3 is 0.733 bits per heavy atom. The predicted molar refractivity (Wildman–Crippen MR) is 8.98 cm³/mol. The molecule has 15 heavy (non-hydrogen) atoms. The van der Waals surface area contributed by atoms with Crippen LogP contribution < -0.4 is 170 Å². The van der Waals surface area contributed by atoms with Crippen molar-refractivity contribution in [1.82, 2.24) is 0 Å². The summed E-state index contributed by atoms with van der Waals surface area (Å²) in [5.41, 5.74) is 0. The molecule has 0 aliphatic heterocycles. The molecule has 0 spiro atoms. The van der Waals surface area contributed by atoms with Crippen LogP contribution in [0.2, 0.25) is 0 Å². The topological polar surface area (TPSA) is 167 Å². The summed E-state index contributed by atoms with van der Waals surface area (Å²) in [7, 11) is -5.39. The molecule has 0 radical (unpaired) electrons. The fourth-order valence-electron chi connectivity index (χ4n) is 0. The molecule has 0 aromatic rings. The van der Waals surface area contributed by atoms with Crippen molar-refractivity contribution < 1.29 is 198 Å². The third-order valence-corrected chi connectivity index (χ3v) is 0. The second-order valence-corrected chi connectivity index (χ2v) is 4.68. The molecule has 0 aromatic heterocycles. The van der Waals surface area contributed by atoms with Crippen LogP contribution in [-0.4, -0.2) is 0 Å². The van der Waals surface area contributed by atoms with Gasteiger partial charge < -0.3 is 19.2 Å². The van der Waals surface area contributed by atoms with E-state index in [0.29, 0.717) is 0 Å². The van der Waals surface area contributed by atoms with Gasteiger partial charge in [0, 0.05) is 0 Å². The summed E-state index contributed by atoms with van der Waals surface area (Å²) in [6.45, 7) is 0. The standard InChI is InChI=1S/5Na.H3O4P.4O.W/c;;;;;1-5(2,3)4;;;;;/h;;;;;(H3,1,2,3,4);;;;;/q5*+1;;;;2*-1;/p-3. The Hall–Kier alpha value is 5.32. The molecule has 0 N–H and O–H groups in total. The van der Waals surface area contributed by atoms with E-state index in [4.69, 9.17) is 33.6 Å². The van der Waals surface area contributed by atoms with E-state index in [-0.39, 0.29) is 148 Å². The van der Waals surface area contributed by atoms with E-state index in [1.54, 1.807) is 0 Å². The molecule has 0 rings (SSSR count). The van der Waals surface area contributed by atoms with E-state index in [1.165, 1.54) is 0 Å². The normalized spacial score (nSPS) is 7.80. The number of hydrogen-bond donors (Lipinski definition) is 0. The van der Waals surface area contributed by atoms with Crippen LogP contribution in [0.3, 0.4) is 0 Å². The van der Waals surface area contributed by atoms with E-state index < -0.39 is 24.6 Å². The molecule has 0 aliphatic rings. The van der Waals surface area contributed by atoms with Crippen LogP contribution in [0, 0.1) is 0 Å². The molecule has 0 saturated carbocycles. The van der Waals surface area contributed by atoms with Crippen molar-refractivity contribution in [3.8, 4) is 0 Å². The minimum absolute atomic E-state index is 0. The summed E-state index contributed by atoms with van der Waals surface area (Å²) >= 11 is -6.17. The van der Waals surface area contributed by atoms with Gasteiger partial charge in [0.1, 0.15) is 0 Å². The zero-order valence-corrected chi connectivity index (χ0v) is 22.9. The van der Waals surface area contributed by atoms with Crippen molar-refractivity contribution in [2.75, 3.05) is 0 Å². The minimum atomic E-state index is -6.17. The molecule has 0 fully saturated rings. The van der Waals surface area contributed by atoms with Crippen molar-refractivity contribution in [2.45, 2.75) is 0 Å². The van der Waals surface area contributed by atoms with Gasteiger partial charge in [0.25, 0.3) is 0 Å². The van der Waals surface area contributed by atoms with Crippen LogP contribution in [0.1, 0.15) is 0 Å². The Balaban J connectivity index is -0.0000000128. The monoisotopic (exact) mass is 458 g/mol. The molecule has 0 bridgehead atoms. The van der Waals surface area contributed by atoms with Crippen molar-refractivity contribution in [1.29, 1.82) is 0 Å². The van der Waals surface area contributed by atoms with Gasteiger partial charge in [0.15, 0.2) is 0 Å². The fraction of sp³-hybridized carbons (Fsp3) is 0. The molecule has 0 atom stereocenters. The summed E-state index contributed by atoms with van der Waals surface area (Å²) in [6.07, 6.45) is 0. The fourth-order valence-corrected chi connectivity index (χ4v) is 0. The Kier molecular flexibility index (Phi) is 61.6. The van der Waals surface area contributed by atoms with Crippen molar-refractivity contribution in [3.05, 3.63) is 0 Å². The van der Waals surface area contributed by atoms with E-state index in [1.807, 2.05) is 0 Å². The SMILES string of the molecule is O=P([O-])([O-])[O-].[Na+].[Na+].[Na+].[Na+].[Na+].[O]=[W](=[O])([O-])[O-]. The Bertz CT molecular complexity index is 201. The predicted octanol–water partition coefficient (Wildman–Crippen LogP) is -20.4. The van der Waals surface area contributed by atoms with Gasteiger partial charge >= 0.3 is 179 Å². The third-order valence-electron chi connectivity index (χ3n) is 0. The average Bonchev–Trinajstić information content (AvgIpc) is 1.12. The van der Waals surface area contributed by atoms with Gasteiger partial charge in [0.2, 0.25) is 0 Å². The van der Waals surface area contributed by atoms with Crippen LogP contribution in [0.15, 0.2) is 0 Å². The zero-order valence-electron chi connectivity index (χ0n) is 9.12. The summed E-state index contributed by atoms with van der Waals surface area (Å²) in [6, 6.07) is 0. The van der Waals surface area contributed by atoms with Gasteiger partial charge in [-0.25, -0.2) is 0 Å². The molecule has 8 nitrogen and oxygen atoms in total. The van der Waals surface area contributed by atoms with Gasteiger partial charge in [-0.1, -0.05) is 0 Å². The maximum atomic E-state index is 8.65. The van der Waals surface area contributed by atoms with Crippen LogP contribution in [0.4, 0.5) is 0 Å². The molecule has 0 saturated heterocycles. The quantitative estimate of drug-likeness (QED) is 0.255. The first-order chi connectivity index (χ1) is 4.00. The number of rotatable bonds is 0. The molecule has 0 heterocycles. The summed E-state index contributed by atoms with van der Waals surface area (Å²) in [5, 5.41) is 0. The average molecular weight is 458 g/mol. The second-order valence-electron chi connectivity index (χ2n) is 0.855. The van der Waals surface area contributed by atoms with Gasteiger partial charge in [0.05, 0.1) is 0 Å². The van der Waals surface area contributed by atoms with E-state index >= 15 is 0 Å². The molecular weight excluding hydrogens is 458 g/mol. The van der Waals surface area contributed by atoms with Gasteiger partial charge in [-0.3, -0.25) is 0 Å². The summed E-state index contributed by atoms with van der Waals surface area (Å²) in [5.74, 6) is 0. The van der Waals surface area contributed by atoms with Crippen molar-refractivity contribution in [3.63, 3.8) is 0 Å². The third kappa shape index (κ3) is 205. The summed E-state index contributed by atoms with van der Waals surface area (Å²) in [4.78, 5) is 25.6. The van der Waals surface area contributed by atoms with E-state index in [2.05, 4.69) is 0 Å². The number of hydrogen-bond acceptors (Lipinski definition) is 8. The zero-order chi connectivity index (χ0) is 9.00. The van der Waals surface area contributed by atoms with Gasteiger partial charge in [-0.05, 0) is 0 Å². The first kappa shape index (κ1) is 42.7. The Morgan fingerprint density at radius 2 is 0.733 bits per heavy atom. The molecule has 15 heteroatoms. The molecule has 0 unspecified atom stereocenters. The second kappa shape index (κ2) is 21.6. The molecule has 0 amide bonds. The Morgan fingerprint density at radius 1 is 0.733 bits per heavy atom. The summed E-state index contributed by atoms with van der Waals surface area (Å²) < 4.78 is 43.1. The first-order valence-electron chi connectivity index (χ1n) is 1.40. The first-order valence-corrected chi connectivity index (χ1v) is 7.65. The molecule has 0 aliphatic carbocycles. The van der Waals surface area contributed by atoms with Crippen molar-refractivity contribution in [2.24, 2.45) is 0 Å². The molecular formula is Na5O8PW. The van der Waals surface area contributed by atoms with E-state index in [0.717, 1.165) is 0 Å². The number of phosphoric acid groups is 1. The molecule has 64 valence electrons. The van der Waals surface area contributed by atoms with Crippen molar-refractivity contribution >= 4 is 7.82 Å². The van der Waals surface area contributed by atoms with Crippen LogP contribution >= 0.6 is 7.82 Å². The van der Waals surface area contributed by atoms with E-state index in [9.17, 15) is 0 Å². The maximum absolute atomic E-state index is 8.65. The molecule has 0 aromatic carbocycles.